The smallest absolute Gasteiger partial charge is 0.251 e. The summed E-state index contributed by atoms with van der Waals surface area (Å²) < 4.78 is 1.79. The van der Waals surface area contributed by atoms with Crippen LogP contribution in [0.25, 0.3) is 11.4 Å². The van der Waals surface area contributed by atoms with Crippen molar-refractivity contribution in [1.29, 1.82) is 0 Å². The fraction of sp³-hybridized carbons (Fsp3) is 0.263. The normalized spacial score (nSPS) is 11.8. The highest BCUT2D eigenvalue weighted by molar-refractivity contribution is 5.94. The Morgan fingerprint density at radius 3 is 2.65 bits per heavy atom. The molecule has 2 N–H and O–H groups in total. The lowest BCUT2D eigenvalue weighted by Crippen LogP contribution is -2.35. The Morgan fingerprint density at radius 1 is 1.23 bits per heavy atom. The number of nitrogens with zero attached hydrogens (tertiary/aromatic N) is 4. The molecular formula is C19H22N6O. The Morgan fingerprint density at radius 2 is 2.00 bits per heavy atom. The molecule has 7 heteroatoms. The number of carbonyl (C=O) groups is 1. The number of aromatic nitrogens is 4. The number of amides is 1. The first-order chi connectivity index (χ1) is 12.5. The molecule has 0 bridgehead atoms. The third-order valence-electron chi connectivity index (χ3n) is 3.91. The van der Waals surface area contributed by atoms with Crippen molar-refractivity contribution in [2.24, 2.45) is 0 Å². The van der Waals surface area contributed by atoms with E-state index in [1.807, 2.05) is 51.4 Å². The van der Waals surface area contributed by atoms with Gasteiger partial charge in [-0.2, -0.15) is 5.10 Å². The molecule has 0 fully saturated rings. The van der Waals surface area contributed by atoms with Crippen LogP contribution in [0.1, 0.15) is 23.0 Å². The standard InChI is InChI=1S/C19H22N6O/c1-13-11-17(20-3)24-18(22-13)15-5-7-16(8-6-15)19(26)23-14(2)12-25-10-4-9-21-25/h4-11,14H,12H2,1-3H3,(H,23,26)(H,20,22,24)/t14-/m0/s1. The van der Waals surface area contributed by atoms with E-state index in [1.54, 1.807) is 23.0 Å². The van der Waals surface area contributed by atoms with Crippen molar-refractivity contribution in [3.8, 4) is 11.4 Å². The average Bonchev–Trinajstić information content (AvgIpc) is 3.14. The van der Waals surface area contributed by atoms with Crippen LogP contribution in [0.5, 0.6) is 0 Å². The van der Waals surface area contributed by atoms with E-state index in [0.29, 0.717) is 17.9 Å². The highest BCUT2D eigenvalue weighted by atomic mass is 16.1. The summed E-state index contributed by atoms with van der Waals surface area (Å²) in [6, 6.07) is 11.0. The molecule has 7 nitrogen and oxygen atoms in total. The number of carbonyl (C=O) groups excluding carboxylic acids is 1. The molecule has 0 aliphatic heterocycles. The monoisotopic (exact) mass is 350 g/mol. The first kappa shape index (κ1) is 17.6. The number of aryl methyl sites for hydroxylation is 1. The number of rotatable bonds is 6. The van der Waals surface area contributed by atoms with Crippen LogP contribution in [0, 0.1) is 6.92 Å². The van der Waals surface area contributed by atoms with Gasteiger partial charge in [0.2, 0.25) is 0 Å². The van der Waals surface area contributed by atoms with E-state index in [-0.39, 0.29) is 11.9 Å². The summed E-state index contributed by atoms with van der Waals surface area (Å²) in [5.74, 6) is 1.28. The zero-order valence-corrected chi connectivity index (χ0v) is 15.1. The Balaban J connectivity index is 1.69. The van der Waals surface area contributed by atoms with Crippen molar-refractivity contribution in [1.82, 2.24) is 25.1 Å². The van der Waals surface area contributed by atoms with Gasteiger partial charge in [-0.25, -0.2) is 9.97 Å². The molecule has 3 rings (SSSR count). The minimum Gasteiger partial charge on any atom is -0.373 e. The number of hydrogen-bond acceptors (Lipinski definition) is 5. The van der Waals surface area contributed by atoms with Gasteiger partial charge in [0.25, 0.3) is 5.91 Å². The van der Waals surface area contributed by atoms with Crippen LogP contribution in [0.3, 0.4) is 0 Å². The Kier molecular flexibility index (Phi) is 5.26. The Labute approximate surface area is 152 Å². The molecule has 0 radical (unpaired) electrons. The van der Waals surface area contributed by atoms with Crippen molar-refractivity contribution in [3.05, 3.63) is 60.0 Å². The summed E-state index contributed by atoms with van der Waals surface area (Å²) in [5, 5.41) is 10.2. The maximum absolute atomic E-state index is 12.4. The van der Waals surface area contributed by atoms with Gasteiger partial charge in [-0.15, -0.1) is 0 Å². The van der Waals surface area contributed by atoms with E-state index in [1.165, 1.54) is 0 Å². The summed E-state index contributed by atoms with van der Waals surface area (Å²) in [6.07, 6.45) is 3.60. The first-order valence-electron chi connectivity index (χ1n) is 8.47. The van der Waals surface area contributed by atoms with E-state index < -0.39 is 0 Å². The summed E-state index contributed by atoms with van der Waals surface area (Å²) >= 11 is 0. The molecule has 0 saturated heterocycles. The quantitative estimate of drug-likeness (QED) is 0.713. The topological polar surface area (TPSA) is 84.7 Å². The number of anilines is 1. The van der Waals surface area contributed by atoms with Gasteiger partial charge in [-0.05, 0) is 32.0 Å². The molecule has 2 aromatic heterocycles. The fourth-order valence-corrected chi connectivity index (χ4v) is 2.64. The van der Waals surface area contributed by atoms with Crippen LogP contribution in [0.4, 0.5) is 5.82 Å². The molecule has 0 unspecified atom stereocenters. The van der Waals surface area contributed by atoms with Gasteiger partial charge in [-0.1, -0.05) is 12.1 Å². The molecule has 134 valence electrons. The minimum absolute atomic E-state index is 0.0274. The number of hydrogen-bond donors (Lipinski definition) is 2. The predicted molar refractivity (Wildman–Crippen MR) is 101 cm³/mol. The lowest BCUT2D eigenvalue weighted by atomic mass is 10.1. The zero-order valence-electron chi connectivity index (χ0n) is 15.1. The maximum Gasteiger partial charge on any atom is 0.251 e. The van der Waals surface area contributed by atoms with Gasteiger partial charge in [0.05, 0.1) is 6.54 Å². The van der Waals surface area contributed by atoms with E-state index in [4.69, 9.17) is 0 Å². The van der Waals surface area contributed by atoms with Crippen LogP contribution in [0.15, 0.2) is 48.8 Å². The predicted octanol–water partition coefficient (Wildman–Crippen LogP) is 2.51. The molecule has 0 spiro atoms. The molecule has 3 aromatic rings. The van der Waals surface area contributed by atoms with Crippen LogP contribution in [-0.4, -0.2) is 38.7 Å². The van der Waals surface area contributed by atoms with Crippen LogP contribution >= 0.6 is 0 Å². The van der Waals surface area contributed by atoms with Crippen LogP contribution in [0.2, 0.25) is 0 Å². The molecule has 26 heavy (non-hydrogen) atoms. The summed E-state index contributed by atoms with van der Waals surface area (Å²) in [4.78, 5) is 21.3. The van der Waals surface area contributed by atoms with Gasteiger partial charge in [0, 0.05) is 48.4 Å². The number of benzene rings is 1. The largest absolute Gasteiger partial charge is 0.373 e. The van der Waals surface area contributed by atoms with Crippen molar-refractivity contribution in [3.63, 3.8) is 0 Å². The van der Waals surface area contributed by atoms with E-state index >= 15 is 0 Å². The number of nitrogens with one attached hydrogen (secondary N) is 2. The SMILES string of the molecule is CNc1cc(C)nc(-c2ccc(C(=O)N[C@@H](C)Cn3cccn3)cc2)n1. The van der Waals surface area contributed by atoms with Crippen LogP contribution in [-0.2, 0) is 6.54 Å². The second-order valence-electron chi connectivity index (χ2n) is 6.15. The van der Waals surface area contributed by atoms with Gasteiger partial charge in [-0.3, -0.25) is 9.48 Å². The van der Waals surface area contributed by atoms with Gasteiger partial charge >= 0.3 is 0 Å². The highest BCUT2D eigenvalue weighted by Gasteiger charge is 2.11. The van der Waals surface area contributed by atoms with Crippen LogP contribution < -0.4 is 10.6 Å². The Hall–Kier alpha value is -3.22. The molecule has 2 heterocycles. The molecule has 1 aromatic carbocycles. The van der Waals surface area contributed by atoms with E-state index in [9.17, 15) is 4.79 Å². The van der Waals surface area contributed by atoms with Crippen molar-refractivity contribution in [2.75, 3.05) is 12.4 Å². The fourth-order valence-electron chi connectivity index (χ4n) is 2.64. The van der Waals surface area contributed by atoms with Gasteiger partial charge in [0.1, 0.15) is 5.82 Å². The van der Waals surface area contributed by atoms with Gasteiger partial charge in [0.15, 0.2) is 5.82 Å². The molecule has 1 amide bonds. The van der Waals surface area contributed by atoms with Crippen molar-refractivity contribution in [2.45, 2.75) is 26.4 Å². The summed E-state index contributed by atoms with van der Waals surface area (Å²) in [7, 11) is 1.82. The van der Waals surface area contributed by atoms with Crippen molar-refractivity contribution < 1.29 is 4.79 Å². The molecule has 0 aliphatic carbocycles. The molecule has 0 aliphatic rings. The third kappa shape index (κ3) is 4.24. The second-order valence-corrected chi connectivity index (χ2v) is 6.15. The van der Waals surface area contributed by atoms with E-state index in [0.717, 1.165) is 17.1 Å². The molecule has 0 saturated carbocycles. The summed E-state index contributed by atoms with van der Waals surface area (Å²) in [6.45, 7) is 4.50. The molecule has 1 atom stereocenters. The highest BCUT2D eigenvalue weighted by Crippen LogP contribution is 2.18. The average molecular weight is 350 g/mol. The first-order valence-corrected chi connectivity index (χ1v) is 8.47. The van der Waals surface area contributed by atoms with E-state index in [2.05, 4.69) is 25.7 Å². The Bertz CT molecular complexity index is 874. The minimum atomic E-state index is -0.114. The third-order valence-corrected chi connectivity index (χ3v) is 3.91. The summed E-state index contributed by atoms with van der Waals surface area (Å²) in [5.41, 5.74) is 2.35. The van der Waals surface area contributed by atoms with Crippen molar-refractivity contribution >= 4 is 11.7 Å². The zero-order chi connectivity index (χ0) is 18.5. The second kappa shape index (κ2) is 7.77. The molecular weight excluding hydrogens is 328 g/mol. The lowest BCUT2D eigenvalue weighted by molar-refractivity contribution is 0.0936. The van der Waals surface area contributed by atoms with Gasteiger partial charge < -0.3 is 10.6 Å². The lowest BCUT2D eigenvalue weighted by Gasteiger charge is -2.14. The maximum atomic E-state index is 12.4.